The zero-order chi connectivity index (χ0) is 15.9. The molecule has 2 aromatic carbocycles. The van der Waals surface area contributed by atoms with Crippen molar-refractivity contribution in [1.29, 1.82) is 0 Å². The van der Waals surface area contributed by atoms with Crippen molar-refractivity contribution < 1.29 is 13.2 Å². The maximum absolute atomic E-state index is 12.8. The van der Waals surface area contributed by atoms with E-state index in [1.54, 1.807) is 24.3 Å². The Morgan fingerprint density at radius 3 is 2.32 bits per heavy atom. The quantitative estimate of drug-likeness (QED) is 0.686. The minimum atomic E-state index is -3.79. The van der Waals surface area contributed by atoms with Crippen molar-refractivity contribution in [2.75, 3.05) is 0 Å². The number of benzene rings is 2. The average molecular weight is 334 g/mol. The van der Waals surface area contributed by atoms with Gasteiger partial charge in [-0.2, -0.15) is 0 Å². The molecular formula is C16H12ClNO3S. The summed E-state index contributed by atoms with van der Waals surface area (Å²) in [7, 11) is -3.79. The van der Waals surface area contributed by atoms with E-state index in [2.05, 4.69) is 0 Å². The van der Waals surface area contributed by atoms with Crippen LogP contribution in [0.15, 0.2) is 59.6 Å². The third-order valence-corrected chi connectivity index (χ3v) is 5.37. The lowest BCUT2D eigenvalue weighted by molar-refractivity contribution is 0.101. The number of halogens is 1. The number of carbonyl (C=O) groups is 1. The number of Topliss-reactive ketones (excluding diaryl/α,β-unsaturated/α-hetero) is 1. The second-order valence-corrected chi connectivity index (χ2v) is 7.12. The average Bonchev–Trinajstić information content (AvgIpc) is 2.88. The zero-order valence-electron chi connectivity index (χ0n) is 11.7. The van der Waals surface area contributed by atoms with E-state index >= 15 is 0 Å². The number of ketones is 1. The van der Waals surface area contributed by atoms with Gasteiger partial charge in [-0.25, -0.2) is 12.4 Å². The van der Waals surface area contributed by atoms with Crippen LogP contribution in [-0.4, -0.2) is 18.2 Å². The summed E-state index contributed by atoms with van der Waals surface area (Å²) in [6.45, 7) is 1.42. The monoisotopic (exact) mass is 333 g/mol. The van der Waals surface area contributed by atoms with Crippen LogP contribution >= 0.6 is 11.6 Å². The topological polar surface area (TPSA) is 56.1 Å². The first-order chi connectivity index (χ1) is 10.4. The zero-order valence-corrected chi connectivity index (χ0v) is 13.2. The van der Waals surface area contributed by atoms with Gasteiger partial charge in [0.1, 0.15) is 0 Å². The molecule has 0 atom stereocenters. The molecule has 0 saturated heterocycles. The molecule has 0 radical (unpaired) electrons. The summed E-state index contributed by atoms with van der Waals surface area (Å²) in [5.74, 6) is -0.179. The first-order valence-electron chi connectivity index (χ1n) is 6.53. The van der Waals surface area contributed by atoms with Crippen molar-refractivity contribution in [3.63, 3.8) is 0 Å². The van der Waals surface area contributed by atoms with Gasteiger partial charge in [0.05, 0.1) is 10.4 Å². The maximum atomic E-state index is 12.8. The molecule has 0 bridgehead atoms. The van der Waals surface area contributed by atoms with Crippen molar-refractivity contribution in [3.8, 4) is 0 Å². The molecule has 0 unspecified atom stereocenters. The third kappa shape index (κ3) is 2.32. The third-order valence-electron chi connectivity index (χ3n) is 3.43. The van der Waals surface area contributed by atoms with E-state index in [1.165, 1.54) is 37.4 Å². The molecule has 0 aliphatic rings. The molecule has 0 spiro atoms. The van der Waals surface area contributed by atoms with Crippen LogP contribution in [0.25, 0.3) is 10.9 Å². The number of nitrogens with zero attached hydrogens (tertiary/aromatic N) is 1. The lowest BCUT2D eigenvalue weighted by Crippen LogP contribution is -2.11. The van der Waals surface area contributed by atoms with E-state index in [-0.39, 0.29) is 10.7 Å². The second kappa shape index (κ2) is 5.26. The molecule has 22 heavy (non-hydrogen) atoms. The molecule has 0 fully saturated rings. The summed E-state index contributed by atoms with van der Waals surface area (Å²) < 4.78 is 26.7. The first-order valence-corrected chi connectivity index (χ1v) is 8.35. The summed E-state index contributed by atoms with van der Waals surface area (Å²) >= 11 is 5.80. The Bertz CT molecular complexity index is 972. The summed E-state index contributed by atoms with van der Waals surface area (Å²) in [5.41, 5.74) is 0.857. The lowest BCUT2D eigenvalue weighted by atomic mass is 10.1. The number of hydrogen-bond acceptors (Lipinski definition) is 3. The SMILES string of the molecule is CC(=O)c1cn(S(=O)(=O)c2ccc(Cl)cc2)c2ccccc12. The molecule has 0 aliphatic carbocycles. The Kier molecular flexibility index (Phi) is 3.54. The Hall–Kier alpha value is -2.11. The molecule has 3 rings (SSSR count). The Labute approximate surface area is 133 Å². The minimum Gasteiger partial charge on any atom is -0.294 e. The van der Waals surface area contributed by atoms with Gasteiger partial charge in [0.2, 0.25) is 0 Å². The molecule has 1 aromatic heterocycles. The fourth-order valence-electron chi connectivity index (χ4n) is 2.35. The highest BCUT2D eigenvalue weighted by molar-refractivity contribution is 7.90. The fraction of sp³-hybridized carbons (Fsp3) is 0.0625. The predicted molar refractivity (Wildman–Crippen MR) is 86.0 cm³/mol. The van der Waals surface area contributed by atoms with Crippen LogP contribution in [0, 0.1) is 0 Å². The van der Waals surface area contributed by atoms with E-state index in [0.717, 1.165) is 3.97 Å². The van der Waals surface area contributed by atoms with Crippen molar-refractivity contribution in [2.45, 2.75) is 11.8 Å². The molecule has 0 N–H and O–H groups in total. The molecule has 6 heteroatoms. The standard InChI is InChI=1S/C16H12ClNO3S/c1-11(19)15-10-18(16-5-3-2-4-14(15)16)22(20,21)13-8-6-12(17)7-9-13/h2-10H,1H3. The minimum absolute atomic E-state index is 0.118. The normalized spacial score (nSPS) is 11.7. The number of hydrogen-bond donors (Lipinski definition) is 0. The Morgan fingerprint density at radius 2 is 1.68 bits per heavy atom. The molecule has 112 valence electrons. The van der Waals surface area contributed by atoms with Gasteiger partial charge in [0.15, 0.2) is 5.78 Å². The van der Waals surface area contributed by atoms with Crippen LogP contribution in [0.1, 0.15) is 17.3 Å². The van der Waals surface area contributed by atoms with Gasteiger partial charge in [-0.15, -0.1) is 0 Å². The molecule has 4 nitrogen and oxygen atoms in total. The van der Waals surface area contributed by atoms with Crippen LogP contribution in [0.5, 0.6) is 0 Å². The van der Waals surface area contributed by atoms with E-state index in [9.17, 15) is 13.2 Å². The summed E-state index contributed by atoms with van der Waals surface area (Å²) in [6, 6.07) is 12.8. The maximum Gasteiger partial charge on any atom is 0.268 e. The van der Waals surface area contributed by atoms with E-state index in [4.69, 9.17) is 11.6 Å². The molecule has 1 heterocycles. The molecule has 0 saturated carbocycles. The van der Waals surface area contributed by atoms with Crippen LogP contribution in [0.4, 0.5) is 0 Å². The van der Waals surface area contributed by atoms with Crippen LogP contribution in [0.2, 0.25) is 5.02 Å². The summed E-state index contributed by atoms with van der Waals surface area (Å²) in [4.78, 5) is 11.9. The number of rotatable bonds is 3. The fourth-order valence-corrected chi connectivity index (χ4v) is 3.84. The number of carbonyl (C=O) groups excluding carboxylic acids is 1. The van der Waals surface area contributed by atoms with Gasteiger partial charge in [0.25, 0.3) is 10.0 Å². The lowest BCUT2D eigenvalue weighted by Gasteiger charge is -2.07. The number of fused-ring (bicyclic) bond motifs is 1. The number of para-hydroxylation sites is 1. The first kappa shape index (κ1) is 14.8. The second-order valence-electron chi connectivity index (χ2n) is 4.87. The van der Waals surface area contributed by atoms with Gasteiger partial charge < -0.3 is 0 Å². The van der Waals surface area contributed by atoms with E-state index in [0.29, 0.717) is 21.5 Å². The highest BCUT2D eigenvalue weighted by Gasteiger charge is 2.22. The highest BCUT2D eigenvalue weighted by Crippen LogP contribution is 2.26. The van der Waals surface area contributed by atoms with Crippen molar-refractivity contribution in [3.05, 3.63) is 65.3 Å². The summed E-state index contributed by atoms with van der Waals surface area (Å²) in [5, 5.41) is 1.08. The smallest absolute Gasteiger partial charge is 0.268 e. The predicted octanol–water partition coefficient (Wildman–Crippen LogP) is 3.73. The van der Waals surface area contributed by atoms with Crippen LogP contribution in [0.3, 0.4) is 0 Å². The van der Waals surface area contributed by atoms with Gasteiger partial charge >= 0.3 is 0 Å². The van der Waals surface area contributed by atoms with Gasteiger partial charge in [-0.3, -0.25) is 4.79 Å². The van der Waals surface area contributed by atoms with Gasteiger partial charge in [-0.05, 0) is 37.3 Å². The van der Waals surface area contributed by atoms with E-state index < -0.39 is 10.0 Å². The van der Waals surface area contributed by atoms with Crippen molar-refractivity contribution >= 4 is 38.3 Å². The van der Waals surface area contributed by atoms with Gasteiger partial charge in [-0.1, -0.05) is 29.8 Å². The largest absolute Gasteiger partial charge is 0.294 e. The van der Waals surface area contributed by atoms with Crippen LogP contribution < -0.4 is 0 Å². The van der Waals surface area contributed by atoms with Crippen molar-refractivity contribution in [1.82, 2.24) is 3.97 Å². The van der Waals surface area contributed by atoms with Crippen molar-refractivity contribution in [2.24, 2.45) is 0 Å². The van der Waals surface area contributed by atoms with Crippen LogP contribution in [-0.2, 0) is 10.0 Å². The molecule has 0 amide bonds. The Morgan fingerprint density at radius 1 is 1.05 bits per heavy atom. The molecular weight excluding hydrogens is 322 g/mol. The molecule has 3 aromatic rings. The summed E-state index contributed by atoms with van der Waals surface area (Å²) in [6.07, 6.45) is 1.37. The van der Waals surface area contributed by atoms with Gasteiger partial charge in [0, 0.05) is 22.2 Å². The molecule has 0 aliphatic heterocycles. The van der Waals surface area contributed by atoms with E-state index in [1.807, 2.05) is 0 Å². The highest BCUT2D eigenvalue weighted by atomic mass is 35.5. The number of aromatic nitrogens is 1. The Balaban J connectivity index is 2.30.